The molecule has 0 aliphatic heterocycles. The third-order valence-corrected chi connectivity index (χ3v) is 4.24. The lowest BCUT2D eigenvalue weighted by atomic mass is 10.3. The Balaban J connectivity index is 2.53. The summed E-state index contributed by atoms with van der Waals surface area (Å²) in [6, 6.07) is 4.44. The monoisotopic (exact) mass is 288 g/mol. The minimum Gasteiger partial charge on any atom is -0.341 e. The summed E-state index contributed by atoms with van der Waals surface area (Å²) in [6.45, 7) is 0. The van der Waals surface area contributed by atoms with Gasteiger partial charge in [-0.25, -0.2) is 21.8 Å². The topological polar surface area (TPSA) is 97.0 Å². The van der Waals surface area contributed by atoms with Gasteiger partial charge in [0.05, 0.1) is 15.9 Å². The molecule has 1 aromatic carbocycles. The van der Waals surface area contributed by atoms with Gasteiger partial charge in [0.25, 0.3) is 0 Å². The number of benzene rings is 1. The molecule has 0 spiro atoms. The van der Waals surface area contributed by atoms with Gasteiger partial charge in [0.2, 0.25) is 0 Å². The van der Waals surface area contributed by atoms with E-state index >= 15 is 0 Å². The summed E-state index contributed by atoms with van der Waals surface area (Å²) in [7, 11) is -6.46. The van der Waals surface area contributed by atoms with Crippen molar-refractivity contribution in [2.75, 3.05) is 12.5 Å². The zero-order valence-corrected chi connectivity index (χ0v) is 11.5. The minimum absolute atomic E-state index is 0.171. The fourth-order valence-electron chi connectivity index (χ4n) is 1.59. The molecule has 2 rings (SSSR count). The van der Waals surface area contributed by atoms with Gasteiger partial charge in [-0.2, -0.15) is 0 Å². The van der Waals surface area contributed by atoms with E-state index in [2.05, 4.69) is 9.97 Å². The van der Waals surface area contributed by atoms with Crippen molar-refractivity contribution in [1.82, 2.24) is 9.97 Å². The van der Waals surface area contributed by atoms with E-state index in [9.17, 15) is 16.8 Å². The quantitative estimate of drug-likeness (QED) is 0.887. The maximum absolute atomic E-state index is 11.4. The Morgan fingerprint density at radius 2 is 1.83 bits per heavy atom. The van der Waals surface area contributed by atoms with Crippen LogP contribution in [-0.2, 0) is 25.4 Å². The Morgan fingerprint density at radius 3 is 2.39 bits per heavy atom. The Kier molecular flexibility index (Phi) is 2.94. The molecule has 98 valence electrons. The first-order valence-electron chi connectivity index (χ1n) is 5.01. The molecule has 18 heavy (non-hydrogen) atoms. The number of imidazole rings is 1. The molecule has 8 heteroatoms. The van der Waals surface area contributed by atoms with Crippen molar-refractivity contribution >= 4 is 30.7 Å². The highest BCUT2D eigenvalue weighted by atomic mass is 32.2. The van der Waals surface area contributed by atoms with Gasteiger partial charge in [0.15, 0.2) is 19.7 Å². The average molecular weight is 288 g/mol. The van der Waals surface area contributed by atoms with Gasteiger partial charge in [0.1, 0.15) is 11.6 Å². The largest absolute Gasteiger partial charge is 0.341 e. The van der Waals surface area contributed by atoms with Gasteiger partial charge < -0.3 is 4.98 Å². The zero-order chi connectivity index (χ0) is 13.6. The number of hydrogen-bond donors (Lipinski definition) is 1. The van der Waals surface area contributed by atoms with Crippen LogP contribution in [0, 0.1) is 0 Å². The molecule has 0 radical (unpaired) electrons. The van der Waals surface area contributed by atoms with E-state index in [4.69, 9.17) is 0 Å². The molecule has 1 heterocycles. The molecule has 6 nitrogen and oxygen atoms in total. The van der Waals surface area contributed by atoms with Crippen LogP contribution in [0.15, 0.2) is 23.1 Å². The van der Waals surface area contributed by atoms with Crippen molar-refractivity contribution in [2.45, 2.75) is 10.6 Å². The molecule has 1 aromatic heterocycles. The number of aromatic nitrogens is 2. The Bertz CT molecular complexity index is 804. The zero-order valence-electron chi connectivity index (χ0n) is 9.84. The van der Waals surface area contributed by atoms with Gasteiger partial charge >= 0.3 is 0 Å². The minimum atomic E-state index is -3.29. The summed E-state index contributed by atoms with van der Waals surface area (Å²) in [5.74, 6) is 0.105. The second-order valence-corrected chi connectivity index (χ2v) is 8.36. The van der Waals surface area contributed by atoms with E-state index in [1.807, 2.05) is 0 Å². The van der Waals surface area contributed by atoms with Crippen LogP contribution in [-0.4, -0.2) is 39.3 Å². The van der Waals surface area contributed by atoms with E-state index in [0.717, 1.165) is 12.5 Å². The molecule has 0 atom stereocenters. The van der Waals surface area contributed by atoms with E-state index in [1.165, 1.54) is 12.1 Å². The summed E-state index contributed by atoms with van der Waals surface area (Å²) in [5.41, 5.74) is 1.05. The van der Waals surface area contributed by atoms with Crippen LogP contribution in [0.5, 0.6) is 0 Å². The molecule has 0 bridgehead atoms. The molecular weight excluding hydrogens is 276 g/mol. The van der Waals surface area contributed by atoms with Crippen molar-refractivity contribution in [3.8, 4) is 0 Å². The highest BCUT2D eigenvalue weighted by Gasteiger charge is 2.12. The molecule has 0 aliphatic carbocycles. The van der Waals surface area contributed by atoms with E-state index in [0.29, 0.717) is 16.9 Å². The average Bonchev–Trinajstić information content (AvgIpc) is 2.53. The third kappa shape index (κ3) is 2.88. The molecule has 0 fully saturated rings. The maximum Gasteiger partial charge on any atom is 0.175 e. The first-order chi connectivity index (χ1) is 8.15. The van der Waals surface area contributed by atoms with Gasteiger partial charge in [-0.1, -0.05) is 0 Å². The van der Waals surface area contributed by atoms with Crippen LogP contribution in [0.3, 0.4) is 0 Å². The van der Waals surface area contributed by atoms with Crippen molar-refractivity contribution in [3.63, 3.8) is 0 Å². The Labute approximate surface area is 105 Å². The number of fused-ring (bicyclic) bond motifs is 1. The first-order valence-corrected chi connectivity index (χ1v) is 8.97. The van der Waals surface area contributed by atoms with Crippen LogP contribution < -0.4 is 0 Å². The summed E-state index contributed by atoms with van der Waals surface area (Å²) in [4.78, 5) is 7.07. The molecule has 2 aromatic rings. The smallest absolute Gasteiger partial charge is 0.175 e. The number of sulfone groups is 2. The lowest BCUT2D eigenvalue weighted by Gasteiger charge is -1.96. The summed E-state index contributed by atoms with van der Waals surface area (Å²) in [5, 5.41) is 0. The van der Waals surface area contributed by atoms with Crippen molar-refractivity contribution in [3.05, 3.63) is 24.0 Å². The fraction of sp³-hybridized carbons (Fsp3) is 0.300. The first kappa shape index (κ1) is 13.0. The van der Waals surface area contributed by atoms with Crippen LogP contribution in [0.1, 0.15) is 5.82 Å². The number of hydrogen-bond acceptors (Lipinski definition) is 5. The highest BCUT2D eigenvalue weighted by Crippen LogP contribution is 2.18. The molecule has 0 aliphatic rings. The van der Waals surface area contributed by atoms with Crippen molar-refractivity contribution in [1.29, 1.82) is 0 Å². The Morgan fingerprint density at radius 1 is 1.17 bits per heavy atom. The van der Waals surface area contributed by atoms with E-state index < -0.39 is 19.7 Å². The van der Waals surface area contributed by atoms with Crippen LogP contribution in [0.2, 0.25) is 0 Å². The summed E-state index contributed by atoms with van der Waals surface area (Å²) >= 11 is 0. The predicted molar refractivity (Wildman–Crippen MR) is 67.8 cm³/mol. The number of nitrogens with one attached hydrogen (secondary N) is 1. The Hall–Kier alpha value is -1.41. The van der Waals surface area contributed by atoms with Gasteiger partial charge in [0, 0.05) is 12.5 Å². The molecule has 0 unspecified atom stereocenters. The number of aromatic amines is 1. The second kappa shape index (κ2) is 4.06. The molecule has 1 N–H and O–H groups in total. The summed E-state index contributed by atoms with van der Waals surface area (Å²) < 4.78 is 45.1. The van der Waals surface area contributed by atoms with E-state index in [-0.39, 0.29) is 10.6 Å². The van der Waals surface area contributed by atoms with Crippen LogP contribution in [0.25, 0.3) is 11.0 Å². The fourth-order valence-corrected chi connectivity index (χ4v) is 2.87. The van der Waals surface area contributed by atoms with Crippen molar-refractivity contribution in [2.24, 2.45) is 0 Å². The number of nitrogens with zero attached hydrogens (tertiary/aromatic N) is 1. The van der Waals surface area contributed by atoms with E-state index in [1.54, 1.807) is 6.07 Å². The van der Waals surface area contributed by atoms with Crippen molar-refractivity contribution < 1.29 is 16.8 Å². The van der Waals surface area contributed by atoms with Gasteiger partial charge in [-0.3, -0.25) is 0 Å². The predicted octanol–water partition coefficient (Wildman–Crippen LogP) is 0.511. The van der Waals surface area contributed by atoms with Gasteiger partial charge in [-0.05, 0) is 18.2 Å². The molecule has 0 amide bonds. The maximum atomic E-state index is 11.4. The van der Waals surface area contributed by atoms with Gasteiger partial charge in [-0.15, -0.1) is 0 Å². The van der Waals surface area contributed by atoms with Crippen LogP contribution >= 0.6 is 0 Å². The standard InChI is InChI=1S/C10H12N2O4S2/c1-17(13,14)6-10-11-8-4-3-7(18(2,15)16)5-9(8)12-10/h3-5H,6H2,1-2H3,(H,11,12). The number of H-pyrrole nitrogens is 1. The lowest BCUT2D eigenvalue weighted by Crippen LogP contribution is -2.01. The molecule has 0 saturated carbocycles. The third-order valence-electron chi connectivity index (χ3n) is 2.33. The number of rotatable bonds is 3. The normalized spacial score (nSPS) is 13.0. The SMILES string of the molecule is CS(=O)(=O)Cc1nc2ccc(S(C)(=O)=O)cc2[nH]1. The van der Waals surface area contributed by atoms with Crippen LogP contribution in [0.4, 0.5) is 0 Å². The molecule has 0 saturated heterocycles. The highest BCUT2D eigenvalue weighted by molar-refractivity contribution is 7.90. The second-order valence-electron chi connectivity index (χ2n) is 4.20. The molecular formula is C10H12N2O4S2. The summed E-state index contributed by atoms with van der Waals surface area (Å²) in [6.07, 6.45) is 2.23. The lowest BCUT2D eigenvalue weighted by molar-refractivity contribution is 0.599.